The minimum Gasteiger partial charge on any atom is -0.264 e. The fraction of sp³-hybridized carbons (Fsp3) is 0.0778. The van der Waals surface area contributed by atoms with E-state index in [1.54, 1.807) is 0 Å². The van der Waals surface area contributed by atoms with E-state index < -0.39 is 10.8 Å². The highest BCUT2D eigenvalue weighted by Gasteiger charge is 2.54. The summed E-state index contributed by atoms with van der Waals surface area (Å²) in [6, 6.07) is 98.0. The number of pyridine rings is 2. The molecule has 4 aliphatic rings. The first-order chi connectivity index (χ1) is 47.7. The van der Waals surface area contributed by atoms with Crippen LogP contribution in [0.15, 0.2) is 286 Å². The van der Waals surface area contributed by atoms with Crippen LogP contribution in [0.4, 0.5) is 0 Å². The van der Waals surface area contributed by atoms with Gasteiger partial charge in [0.1, 0.15) is 11.6 Å². The lowest BCUT2D eigenvalue weighted by Gasteiger charge is -2.30. The summed E-state index contributed by atoms with van der Waals surface area (Å²) < 4.78 is 0. The van der Waals surface area contributed by atoms with Crippen LogP contribution in [-0.4, -0.2) is 34.9 Å². The molecule has 0 radical (unpaired) electrons. The van der Waals surface area contributed by atoms with Crippen molar-refractivity contribution in [3.63, 3.8) is 0 Å². The molecule has 7 heteroatoms. The van der Waals surface area contributed by atoms with Crippen molar-refractivity contribution in [2.75, 3.05) is 0 Å². The standard InChI is InChI=1S/C90H61N7/c1-53-44-71(55(3)92-51-53)62-37-40-80-72(47-62)66-23-10-14-29-77(66)90(80)75-27-12-8-22-65(75)68-39-36-64(49-82(68)90)88-94-56(4)93-87(97-88)60-34-32-58(33-35-60)61-21-16-18-57(45-61)46-85-95-83(59-19-6-5-7-20-59)50-84(96-85)63-38-41-79-73(48-63)67-24-9-13-28-76(67)89(79)78-30-15-11-25-70(78)86-69(26-17-31-81(86)89)74-52-91-43-42-54(74)2/h5-45,47-52H,46H2,1-4H3. The van der Waals surface area contributed by atoms with Crippen LogP contribution >= 0.6 is 0 Å². The lowest BCUT2D eigenvalue weighted by Crippen LogP contribution is -2.25. The van der Waals surface area contributed by atoms with E-state index in [2.05, 4.69) is 293 Å². The van der Waals surface area contributed by atoms with Crippen molar-refractivity contribution in [1.82, 2.24) is 34.9 Å². The van der Waals surface area contributed by atoms with Gasteiger partial charge in [-0.05, 0) is 192 Å². The molecule has 0 bridgehead atoms. The normalized spacial score (nSPS) is 15.3. The molecule has 7 nitrogen and oxygen atoms in total. The number of aryl methyl sites for hydroxylation is 4. The van der Waals surface area contributed by atoms with Crippen molar-refractivity contribution < 1.29 is 0 Å². The third kappa shape index (κ3) is 8.51. The van der Waals surface area contributed by atoms with Crippen molar-refractivity contribution in [3.05, 3.63) is 364 Å². The number of fused-ring (bicyclic) bond motifs is 20. The zero-order valence-corrected chi connectivity index (χ0v) is 54.0. The predicted octanol–water partition coefficient (Wildman–Crippen LogP) is 20.6. The van der Waals surface area contributed by atoms with Gasteiger partial charge in [-0.2, -0.15) is 0 Å². The van der Waals surface area contributed by atoms with Gasteiger partial charge in [-0.3, -0.25) is 9.97 Å². The van der Waals surface area contributed by atoms with Crippen molar-refractivity contribution >= 4 is 0 Å². The highest BCUT2D eigenvalue weighted by atomic mass is 15.0. The van der Waals surface area contributed by atoms with Gasteiger partial charge >= 0.3 is 0 Å². The topological polar surface area (TPSA) is 90.2 Å². The van der Waals surface area contributed by atoms with Crippen molar-refractivity contribution in [1.29, 1.82) is 0 Å². The third-order valence-corrected chi connectivity index (χ3v) is 21.0. The summed E-state index contributed by atoms with van der Waals surface area (Å²) in [7, 11) is 0. The maximum Gasteiger partial charge on any atom is 0.163 e. The van der Waals surface area contributed by atoms with Gasteiger partial charge in [0.25, 0.3) is 0 Å². The number of hydrogen-bond acceptors (Lipinski definition) is 7. The molecule has 2 unspecified atom stereocenters. The maximum absolute atomic E-state index is 5.45. The summed E-state index contributed by atoms with van der Waals surface area (Å²) in [4.78, 5) is 35.4. The Labute approximate surface area is 563 Å². The molecule has 11 aromatic carbocycles. The molecule has 15 aromatic rings. The second-order valence-corrected chi connectivity index (χ2v) is 26.4. The lowest BCUT2D eigenvalue weighted by atomic mass is 9.70. The number of nitrogens with zero attached hydrogens (tertiary/aromatic N) is 7. The van der Waals surface area contributed by atoms with Crippen LogP contribution in [0.5, 0.6) is 0 Å². The molecular weight excluding hydrogens is 1180 g/mol. The molecule has 0 aliphatic heterocycles. The van der Waals surface area contributed by atoms with Gasteiger partial charge in [0.15, 0.2) is 11.6 Å². The molecule has 456 valence electrons. The predicted molar refractivity (Wildman–Crippen MR) is 390 cm³/mol. The summed E-state index contributed by atoms with van der Waals surface area (Å²) in [5.41, 5.74) is 36.2. The molecule has 0 amide bonds. The Bertz CT molecular complexity index is 5810. The number of rotatable bonds is 9. The molecule has 97 heavy (non-hydrogen) atoms. The largest absolute Gasteiger partial charge is 0.264 e. The number of benzene rings is 11. The Morgan fingerprint density at radius 3 is 1.54 bits per heavy atom. The lowest BCUT2D eigenvalue weighted by molar-refractivity contribution is 0.794. The smallest absolute Gasteiger partial charge is 0.163 e. The molecule has 4 heterocycles. The van der Waals surface area contributed by atoms with Crippen LogP contribution in [0.1, 0.15) is 78.5 Å². The Morgan fingerprint density at radius 1 is 0.299 bits per heavy atom. The van der Waals surface area contributed by atoms with Gasteiger partial charge in [0.2, 0.25) is 0 Å². The van der Waals surface area contributed by atoms with Gasteiger partial charge in [0.05, 0.1) is 22.2 Å². The Balaban J connectivity index is 0.645. The number of hydrogen-bond donors (Lipinski definition) is 0. The summed E-state index contributed by atoms with van der Waals surface area (Å²) in [6.07, 6.45) is 6.39. The van der Waals surface area contributed by atoms with Gasteiger partial charge in [0, 0.05) is 64.1 Å². The molecule has 0 saturated heterocycles. The summed E-state index contributed by atoms with van der Waals surface area (Å²) in [5, 5.41) is 0. The summed E-state index contributed by atoms with van der Waals surface area (Å²) in [6.45, 7) is 8.35. The van der Waals surface area contributed by atoms with Gasteiger partial charge in [-0.1, -0.05) is 231 Å². The molecule has 4 aromatic heterocycles. The first-order valence-corrected chi connectivity index (χ1v) is 33.4. The molecule has 19 rings (SSSR count). The van der Waals surface area contributed by atoms with Crippen molar-refractivity contribution in [2.45, 2.75) is 44.9 Å². The van der Waals surface area contributed by atoms with Crippen molar-refractivity contribution in [3.8, 4) is 123 Å². The second-order valence-electron chi connectivity index (χ2n) is 26.4. The Morgan fingerprint density at radius 2 is 0.825 bits per heavy atom. The first-order valence-electron chi connectivity index (χ1n) is 33.4. The minimum absolute atomic E-state index is 0.511. The van der Waals surface area contributed by atoms with Crippen LogP contribution in [-0.2, 0) is 17.3 Å². The maximum atomic E-state index is 5.45. The van der Waals surface area contributed by atoms with E-state index in [0.717, 1.165) is 78.5 Å². The van der Waals surface area contributed by atoms with E-state index in [1.807, 2.05) is 25.5 Å². The zero-order valence-electron chi connectivity index (χ0n) is 54.0. The highest BCUT2D eigenvalue weighted by molar-refractivity contribution is 6.01. The average molecular weight is 1240 g/mol. The van der Waals surface area contributed by atoms with E-state index in [9.17, 15) is 0 Å². The van der Waals surface area contributed by atoms with Gasteiger partial charge < -0.3 is 0 Å². The quantitative estimate of drug-likeness (QED) is 0.142. The minimum atomic E-state index is -0.543. The highest BCUT2D eigenvalue weighted by Crippen LogP contribution is 2.66. The monoisotopic (exact) mass is 1240 g/mol. The molecule has 0 saturated carbocycles. The van der Waals surface area contributed by atoms with Crippen LogP contribution < -0.4 is 0 Å². The zero-order chi connectivity index (χ0) is 64.7. The third-order valence-electron chi connectivity index (χ3n) is 21.0. The summed E-state index contributed by atoms with van der Waals surface area (Å²) >= 11 is 0. The van der Waals surface area contributed by atoms with E-state index in [0.29, 0.717) is 23.9 Å². The second kappa shape index (κ2) is 21.7. The van der Waals surface area contributed by atoms with E-state index in [1.165, 1.54) is 106 Å². The van der Waals surface area contributed by atoms with Gasteiger partial charge in [-0.25, -0.2) is 24.9 Å². The first kappa shape index (κ1) is 56.4. The summed E-state index contributed by atoms with van der Waals surface area (Å²) in [5.74, 6) is 2.68. The number of aromatic nitrogens is 7. The van der Waals surface area contributed by atoms with Crippen LogP contribution in [0, 0.1) is 27.7 Å². The fourth-order valence-corrected chi connectivity index (χ4v) is 16.8. The van der Waals surface area contributed by atoms with Gasteiger partial charge in [-0.15, -0.1) is 0 Å². The molecule has 0 fully saturated rings. The molecule has 0 N–H and O–H groups in total. The van der Waals surface area contributed by atoms with E-state index in [-0.39, 0.29) is 0 Å². The van der Waals surface area contributed by atoms with Crippen LogP contribution in [0.25, 0.3) is 123 Å². The van der Waals surface area contributed by atoms with Crippen LogP contribution in [0.3, 0.4) is 0 Å². The molecule has 4 aliphatic carbocycles. The van der Waals surface area contributed by atoms with Crippen molar-refractivity contribution in [2.24, 2.45) is 0 Å². The van der Waals surface area contributed by atoms with E-state index in [4.69, 9.17) is 29.9 Å². The SMILES string of the molecule is Cc1cnc(C)c(-c2ccc3c(c2)-c2ccccc2C32c3ccccc3-c3ccc(-c4nc(C)nc(-c5ccc(-c6cccc(Cc7nc(-c8ccccc8)cc(-c8ccc9c(c8)-c8ccccc8C98c9ccccc9-c9c(-c%10cnccc%10C)cccc98)n7)c6)cc5)n4)cc32)c1. The Hall–Kier alpha value is -12.2. The molecular formula is C90H61N7. The van der Waals surface area contributed by atoms with Crippen LogP contribution in [0.2, 0.25) is 0 Å². The fourth-order valence-electron chi connectivity index (χ4n) is 16.8. The average Bonchev–Trinajstić information content (AvgIpc) is 1.52. The Kier molecular flexibility index (Phi) is 12.6. The molecule has 2 atom stereocenters. The molecule has 2 spiro atoms. The van der Waals surface area contributed by atoms with E-state index >= 15 is 0 Å².